The van der Waals surface area contributed by atoms with E-state index in [-0.39, 0.29) is 5.41 Å². The first-order valence-electron chi connectivity index (χ1n) is 15.4. The summed E-state index contributed by atoms with van der Waals surface area (Å²) in [5.74, 6) is 0. The van der Waals surface area contributed by atoms with Crippen LogP contribution in [0.3, 0.4) is 0 Å². The Morgan fingerprint density at radius 1 is 0.674 bits per heavy atom. The van der Waals surface area contributed by atoms with E-state index in [4.69, 9.17) is 0 Å². The molecule has 0 radical (unpaired) electrons. The van der Waals surface area contributed by atoms with Crippen LogP contribution in [0.4, 0.5) is 0 Å². The predicted octanol–water partition coefficient (Wildman–Crippen LogP) is 9.73. The maximum atomic E-state index is 2.47. The summed E-state index contributed by atoms with van der Waals surface area (Å²) in [5, 5.41) is 9.50. The van der Waals surface area contributed by atoms with E-state index in [1.807, 2.05) is 0 Å². The largest absolute Gasteiger partial charge is 0.309 e. The molecule has 214 valence electrons. The van der Waals surface area contributed by atoms with Gasteiger partial charge in [0.15, 0.2) is 6.20 Å². The van der Waals surface area contributed by atoms with Gasteiger partial charge in [0.1, 0.15) is 7.05 Å². The van der Waals surface area contributed by atoms with Gasteiger partial charge in [0.2, 0.25) is 5.69 Å². The van der Waals surface area contributed by atoms with Crippen molar-refractivity contribution in [3.63, 3.8) is 0 Å². The van der Waals surface area contributed by atoms with E-state index in [0.29, 0.717) is 0 Å². The van der Waals surface area contributed by atoms with E-state index >= 15 is 0 Å². The van der Waals surface area contributed by atoms with Gasteiger partial charge in [-0.15, -0.1) is 0 Å². The number of fused-ring (bicyclic) bond motifs is 5. The molecule has 0 aliphatic rings. The number of nitrogens with zero attached hydrogens (tertiary/aromatic N) is 2. The quantitative estimate of drug-likeness (QED) is 0.146. The topological polar surface area (TPSA) is 8.81 Å². The van der Waals surface area contributed by atoms with Gasteiger partial charge in [-0.3, -0.25) is 0 Å². The number of benzene rings is 5. The number of para-hydroxylation sites is 1. The van der Waals surface area contributed by atoms with Crippen LogP contribution in [0.25, 0.3) is 60.3 Å². The zero-order chi connectivity index (χ0) is 30.3. The molecule has 0 aliphatic heterocycles. The summed E-state index contributed by atoms with van der Waals surface area (Å²) in [6.45, 7) is 16.6. The molecule has 43 heavy (non-hydrogen) atoms. The first-order valence-corrected chi connectivity index (χ1v) is 18.9. The fraction of sp³-hybridized carbons (Fsp3) is 0.225. The fourth-order valence-corrected chi connectivity index (χ4v) is 8.75. The predicted molar refractivity (Wildman–Crippen MR) is 189 cm³/mol. The van der Waals surface area contributed by atoms with Gasteiger partial charge >= 0.3 is 0 Å². The maximum Gasteiger partial charge on any atom is 0.220 e. The molecule has 7 aromatic rings. The molecule has 7 rings (SSSR count). The van der Waals surface area contributed by atoms with Crippen molar-refractivity contribution in [2.75, 3.05) is 0 Å². The van der Waals surface area contributed by atoms with E-state index in [1.165, 1.54) is 76.6 Å². The van der Waals surface area contributed by atoms with E-state index in [1.54, 1.807) is 0 Å². The van der Waals surface area contributed by atoms with Crippen molar-refractivity contribution >= 4 is 56.6 Å². The van der Waals surface area contributed by atoms with Crippen LogP contribution in [0.1, 0.15) is 31.9 Å². The van der Waals surface area contributed by atoms with Crippen molar-refractivity contribution in [3.05, 3.63) is 114 Å². The minimum absolute atomic E-state index is 0.0314. The number of pyridine rings is 1. The molecule has 0 unspecified atom stereocenters. The van der Waals surface area contributed by atoms with Crippen LogP contribution < -0.4 is 9.75 Å². The summed E-state index contributed by atoms with van der Waals surface area (Å²) in [5.41, 5.74) is 9.09. The second-order valence-electron chi connectivity index (χ2n) is 14.2. The van der Waals surface area contributed by atoms with Gasteiger partial charge in [-0.1, -0.05) is 100 Å². The summed E-state index contributed by atoms with van der Waals surface area (Å²) in [4.78, 5) is 0. The van der Waals surface area contributed by atoms with Crippen LogP contribution in [0.15, 0.2) is 103 Å². The Bertz CT molecular complexity index is 2220. The molecule has 0 atom stereocenters. The lowest BCUT2D eigenvalue weighted by molar-refractivity contribution is -0.659. The molecule has 2 heterocycles. The summed E-state index contributed by atoms with van der Waals surface area (Å²) in [7, 11) is 0.623. The van der Waals surface area contributed by atoms with Crippen LogP contribution in [0.2, 0.25) is 19.6 Å². The van der Waals surface area contributed by atoms with Crippen molar-refractivity contribution in [2.45, 2.75) is 52.8 Å². The first-order chi connectivity index (χ1) is 20.4. The Morgan fingerprint density at radius 3 is 2.07 bits per heavy atom. The number of aromatic nitrogens is 2. The smallest absolute Gasteiger partial charge is 0.220 e. The number of aryl methyl sites for hydroxylation is 2. The molecular formula is C40H41N2Si+. The Hall–Kier alpha value is -4.21. The molecule has 0 N–H and O–H groups in total. The number of hydrogen-bond acceptors (Lipinski definition) is 0. The highest BCUT2D eigenvalue weighted by Crippen LogP contribution is 2.39. The average molecular weight is 578 g/mol. The summed E-state index contributed by atoms with van der Waals surface area (Å²) < 4.78 is 4.77. The van der Waals surface area contributed by atoms with Gasteiger partial charge in [-0.25, -0.2) is 4.57 Å². The Balaban J connectivity index is 1.51. The van der Waals surface area contributed by atoms with Gasteiger partial charge in [0.25, 0.3) is 0 Å². The highest BCUT2D eigenvalue weighted by atomic mass is 28.3. The van der Waals surface area contributed by atoms with E-state index in [2.05, 4.69) is 167 Å². The Labute approximate surface area is 256 Å². The van der Waals surface area contributed by atoms with E-state index in [0.717, 1.165) is 0 Å². The minimum Gasteiger partial charge on any atom is -0.309 e. The highest BCUT2D eigenvalue weighted by Gasteiger charge is 2.26. The average Bonchev–Trinajstić information content (AvgIpc) is 3.31. The lowest BCUT2D eigenvalue weighted by Gasteiger charge is -2.24. The van der Waals surface area contributed by atoms with Crippen LogP contribution in [-0.2, 0) is 12.5 Å². The molecular weight excluding hydrogens is 537 g/mol. The van der Waals surface area contributed by atoms with Crippen molar-refractivity contribution < 1.29 is 4.57 Å². The molecule has 0 bridgehead atoms. The lowest BCUT2D eigenvalue weighted by Crippen LogP contribution is -2.37. The second-order valence-corrected chi connectivity index (χ2v) is 19.3. The van der Waals surface area contributed by atoms with Gasteiger partial charge in [0.05, 0.1) is 30.1 Å². The summed E-state index contributed by atoms with van der Waals surface area (Å²) in [6, 6.07) is 36.5. The molecule has 3 heteroatoms. The van der Waals surface area contributed by atoms with Crippen LogP contribution in [0.5, 0.6) is 0 Å². The van der Waals surface area contributed by atoms with Crippen molar-refractivity contribution in [3.8, 4) is 16.9 Å². The second kappa shape index (κ2) is 9.65. The van der Waals surface area contributed by atoms with Crippen molar-refractivity contribution in [1.29, 1.82) is 0 Å². The molecule has 5 aromatic carbocycles. The molecule has 0 spiro atoms. The molecule has 0 fully saturated rings. The number of rotatable bonds is 3. The SMILES string of the molecule is Cc1c(-c2c3ccc(-n4c5ccccc5c5c([Si](C)(C)C)cccc54)cc3cc[n+]2C)cc(C(C)(C)C)c2ccccc12. The zero-order valence-electron chi connectivity index (χ0n) is 26.7. The summed E-state index contributed by atoms with van der Waals surface area (Å²) in [6.07, 6.45) is 2.22. The molecule has 2 nitrogen and oxygen atoms in total. The lowest BCUT2D eigenvalue weighted by atomic mass is 9.80. The standard InChI is InChI=1S/C40H41N2Si/c1-26-29-14-9-10-15-31(29)34(40(2,3)4)25-33(26)39-30-21-20-28(24-27(30)22-23-41(39)5)42-35-17-12-11-16-32(35)38-36(42)18-13-19-37(38)43(6,7)8/h9-25H,1-8H3/q+1. The van der Waals surface area contributed by atoms with Gasteiger partial charge in [-0.2, -0.15) is 0 Å². The fourth-order valence-electron chi connectivity index (χ4n) is 7.14. The number of hydrogen-bond donors (Lipinski definition) is 0. The van der Waals surface area contributed by atoms with E-state index < -0.39 is 8.07 Å². The van der Waals surface area contributed by atoms with Gasteiger partial charge < -0.3 is 4.57 Å². The molecule has 0 saturated heterocycles. The monoisotopic (exact) mass is 577 g/mol. The minimum atomic E-state index is -1.56. The molecule has 2 aromatic heterocycles. The highest BCUT2D eigenvalue weighted by molar-refractivity contribution is 6.90. The zero-order valence-corrected chi connectivity index (χ0v) is 27.7. The summed E-state index contributed by atoms with van der Waals surface area (Å²) >= 11 is 0. The van der Waals surface area contributed by atoms with Crippen molar-refractivity contribution in [1.82, 2.24) is 4.57 Å². The van der Waals surface area contributed by atoms with Crippen molar-refractivity contribution in [2.24, 2.45) is 7.05 Å². The third kappa shape index (κ3) is 4.32. The van der Waals surface area contributed by atoms with Crippen LogP contribution in [0, 0.1) is 6.92 Å². The van der Waals surface area contributed by atoms with E-state index in [9.17, 15) is 0 Å². The maximum absolute atomic E-state index is 2.47. The Morgan fingerprint density at radius 2 is 1.35 bits per heavy atom. The molecule has 0 amide bonds. The molecule has 0 saturated carbocycles. The third-order valence-corrected chi connectivity index (χ3v) is 11.3. The first kappa shape index (κ1) is 27.6. The van der Waals surface area contributed by atoms with Crippen LogP contribution in [-0.4, -0.2) is 12.6 Å². The van der Waals surface area contributed by atoms with Gasteiger partial charge in [-0.05, 0) is 76.0 Å². The molecule has 0 aliphatic carbocycles. The van der Waals surface area contributed by atoms with Crippen LogP contribution >= 0.6 is 0 Å². The Kier molecular flexibility index (Phi) is 6.20. The van der Waals surface area contributed by atoms with Gasteiger partial charge in [0, 0.05) is 22.5 Å². The third-order valence-electron chi connectivity index (χ3n) is 9.26. The normalized spacial score (nSPS) is 12.7.